The molecular formula is C30H43N5O5. The summed E-state index contributed by atoms with van der Waals surface area (Å²) in [5.41, 5.74) is 4.11. The lowest BCUT2D eigenvalue weighted by Crippen LogP contribution is -2.61. The molecule has 40 heavy (non-hydrogen) atoms. The lowest BCUT2D eigenvalue weighted by atomic mass is 9.85. The largest absolute Gasteiger partial charge is 0.480 e. The van der Waals surface area contributed by atoms with Gasteiger partial charge in [0, 0.05) is 29.2 Å². The monoisotopic (exact) mass is 553 g/mol. The number of carbonyl (C=O) groups excluding carboxylic acids is 3. The Morgan fingerprint density at radius 1 is 1.12 bits per heavy atom. The Morgan fingerprint density at radius 2 is 1.85 bits per heavy atom. The molecule has 0 saturated carbocycles. The van der Waals surface area contributed by atoms with Crippen LogP contribution in [-0.2, 0) is 32.0 Å². The van der Waals surface area contributed by atoms with Crippen LogP contribution in [0.4, 0.5) is 0 Å². The normalized spacial score (nSPS) is 17.4. The molecule has 1 fully saturated rings. The zero-order chi connectivity index (χ0) is 29.6. The van der Waals surface area contributed by atoms with Gasteiger partial charge in [0.05, 0.1) is 0 Å². The number of rotatable bonds is 11. The number of aromatic nitrogens is 1. The SMILES string of the molecule is CCc1ccc2cnc(CCC(C)(C)C(=O)NC(C(=O)N[C@@H](C)C(=O)N3CCCC(C(=O)O)N3)C(C)C)cc2c1. The molecule has 0 aliphatic carbocycles. The lowest BCUT2D eigenvalue weighted by Gasteiger charge is -2.34. The number of benzene rings is 1. The van der Waals surface area contributed by atoms with Crippen molar-refractivity contribution in [2.75, 3.05) is 6.54 Å². The van der Waals surface area contributed by atoms with E-state index in [1.54, 1.807) is 6.92 Å². The standard InChI is InChI=1S/C30H43N5O5/c1-7-20-10-11-21-17-31-23(16-22(21)15-20)12-13-30(5,6)29(40)33-25(18(2)3)26(36)32-19(4)27(37)35-14-8-9-24(34-35)28(38)39/h10-11,15-19,24-25,34H,7-9,12-14H2,1-6H3,(H,32,36)(H,33,40)(H,38,39)/t19-,24?,25?/m0/s1. The third-order valence-electron chi connectivity index (χ3n) is 7.59. The smallest absolute Gasteiger partial charge is 0.322 e. The second kappa shape index (κ2) is 13.2. The molecule has 1 aliphatic rings. The molecule has 3 atom stereocenters. The molecule has 1 aromatic carbocycles. The third kappa shape index (κ3) is 7.78. The maximum Gasteiger partial charge on any atom is 0.322 e. The number of amides is 3. The molecule has 3 rings (SSSR count). The van der Waals surface area contributed by atoms with Gasteiger partial charge in [-0.25, -0.2) is 5.43 Å². The molecule has 10 nitrogen and oxygen atoms in total. The number of hydrazine groups is 1. The summed E-state index contributed by atoms with van der Waals surface area (Å²) in [6.07, 6.45) is 4.94. The summed E-state index contributed by atoms with van der Waals surface area (Å²) >= 11 is 0. The Kier molecular flexibility index (Phi) is 10.2. The van der Waals surface area contributed by atoms with Crippen molar-refractivity contribution in [2.45, 2.75) is 91.8 Å². The molecule has 2 aromatic rings. The van der Waals surface area contributed by atoms with E-state index in [1.165, 1.54) is 10.6 Å². The van der Waals surface area contributed by atoms with Gasteiger partial charge in [0.2, 0.25) is 11.8 Å². The number of fused-ring (bicyclic) bond motifs is 1. The van der Waals surface area contributed by atoms with Gasteiger partial charge in [-0.2, -0.15) is 0 Å². The van der Waals surface area contributed by atoms with Crippen LogP contribution in [0.25, 0.3) is 10.8 Å². The van der Waals surface area contributed by atoms with E-state index in [4.69, 9.17) is 0 Å². The minimum atomic E-state index is -1.03. The zero-order valence-corrected chi connectivity index (χ0v) is 24.4. The molecule has 4 N–H and O–H groups in total. The van der Waals surface area contributed by atoms with Gasteiger partial charge in [0.15, 0.2) is 0 Å². The van der Waals surface area contributed by atoms with Gasteiger partial charge < -0.3 is 15.7 Å². The first-order chi connectivity index (χ1) is 18.8. The Hall–Kier alpha value is -3.53. The van der Waals surface area contributed by atoms with E-state index >= 15 is 0 Å². The van der Waals surface area contributed by atoms with Crippen LogP contribution in [0.3, 0.4) is 0 Å². The number of pyridine rings is 1. The van der Waals surface area contributed by atoms with E-state index in [0.29, 0.717) is 32.2 Å². The predicted molar refractivity (Wildman–Crippen MR) is 153 cm³/mol. The zero-order valence-electron chi connectivity index (χ0n) is 24.4. The summed E-state index contributed by atoms with van der Waals surface area (Å²) in [5.74, 6) is -2.39. The van der Waals surface area contributed by atoms with Crippen LogP contribution in [0.5, 0.6) is 0 Å². The second-order valence-electron chi connectivity index (χ2n) is 11.7. The topological polar surface area (TPSA) is 141 Å². The van der Waals surface area contributed by atoms with Gasteiger partial charge in [0.1, 0.15) is 18.1 Å². The molecule has 0 radical (unpaired) electrons. The minimum Gasteiger partial charge on any atom is -0.480 e. The van der Waals surface area contributed by atoms with E-state index in [0.717, 1.165) is 22.9 Å². The molecule has 1 aliphatic heterocycles. The molecule has 0 bridgehead atoms. The number of carbonyl (C=O) groups is 4. The molecule has 218 valence electrons. The summed E-state index contributed by atoms with van der Waals surface area (Å²) in [5, 5.41) is 18.3. The molecule has 2 unspecified atom stereocenters. The Bertz CT molecular complexity index is 1240. The number of hydrogen-bond donors (Lipinski definition) is 4. The number of aryl methyl sites for hydroxylation is 2. The average Bonchev–Trinajstić information content (AvgIpc) is 2.93. The number of carboxylic acid groups (broad SMARTS) is 1. The summed E-state index contributed by atoms with van der Waals surface area (Å²) in [7, 11) is 0. The fourth-order valence-electron chi connectivity index (χ4n) is 4.74. The number of aliphatic carboxylic acids is 1. The van der Waals surface area contributed by atoms with Crippen LogP contribution in [0.1, 0.15) is 72.1 Å². The highest BCUT2D eigenvalue weighted by atomic mass is 16.4. The van der Waals surface area contributed by atoms with Gasteiger partial charge >= 0.3 is 5.97 Å². The first-order valence-electron chi connectivity index (χ1n) is 14.1. The summed E-state index contributed by atoms with van der Waals surface area (Å²) in [4.78, 5) is 55.2. The Labute approximate surface area is 236 Å². The highest BCUT2D eigenvalue weighted by Crippen LogP contribution is 2.25. The van der Waals surface area contributed by atoms with Gasteiger partial charge in [-0.05, 0) is 62.0 Å². The molecule has 10 heteroatoms. The maximum absolute atomic E-state index is 13.3. The average molecular weight is 554 g/mol. The summed E-state index contributed by atoms with van der Waals surface area (Å²) in [6.45, 7) is 11.4. The Balaban J connectivity index is 1.60. The van der Waals surface area contributed by atoms with Crippen LogP contribution in [0, 0.1) is 11.3 Å². The number of nitrogens with zero attached hydrogens (tertiary/aromatic N) is 2. The fraction of sp³-hybridized carbons (Fsp3) is 0.567. The van der Waals surface area contributed by atoms with E-state index < -0.39 is 41.3 Å². The van der Waals surface area contributed by atoms with Crippen molar-refractivity contribution in [3.8, 4) is 0 Å². The Morgan fingerprint density at radius 3 is 2.50 bits per heavy atom. The molecule has 1 saturated heterocycles. The number of carboxylic acids is 1. The van der Waals surface area contributed by atoms with Crippen molar-refractivity contribution >= 4 is 34.5 Å². The molecule has 3 amide bonds. The molecular weight excluding hydrogens is 510 g/mol. The third-order valence-corrected chi connectivity index (χ3v) is 7.59. The van der Waals surface area contributed by atoms with Crippen LogP contribution >= 0.6 is 0 Å². The van der Waals surface area contributed by atoms with Crippen molar-refractivity contribution in [1.82, 2.24) is 26.1 Å². The van der Waals surface area contributed by atoms with Gasteiger partial charge in [-0.3, -0.25) is 29.2 Å². The van der Waals surface area contributed by atoms with Crippen LogP contribution < -0.4 is 16.1 Å². The lowest BCUT2D eigenvalue weighted by molar-refractivity contribution is -0.148. The highest BCUT2D eigenvalue weighted by Gasteiger charge is 2.35. The molecule has 1 aromatic heterocycles. The van der Waals surface area contributed by atoms with E-state index in [1.807, 2.05) is 33.9 Å². The molecule has 2 heterocycles. The maximum atomic E-state index is 13.3. The minimum absolute atomic E-state index is 0.221. The van der Waals surface area contributed by atoms with Crippen molar-refractivity contribution in [3.63, 3.8) is 0 Å². The first kappa shape index (κ1) is 31.0. The van der Waals surface area contributed by atoms with E-state index in [2.05, 4.69) is 52.2 Å². The van der Waals surface area contributed by atoms with Crippen molar-refractivity contribution in [3.05, 3.63) is 41.7 Å². The van der Waals surface area contributed by atoms with E-state index in [-0.39, 0.29) is 11.8 Å². The highest BCUT2D eigenvalue weighted by molar-refractivity contribution is 5.93. The van der Waals surface area contributed by atoms with Gasteiger partial charge in [-0.1, -0.05) is 52.8 Å². The van der Waals surface area contributed by atoms with Crippen molar-refractivity contribution < 1.29 is 24.3 Å². The predicted octanol–water partition coefficient (Wildman–Crippen LogP) is 2.98. The molecule has 0 spiro atoms. The van der Waals surface area contributed by atoms with Crippen molar-refractivity contribution in [2.24, 2.45) is 11.3 Å². The second-order valence-corrected chi connectivity index (χ2v) is 11.7. The van der Waals surface area contributed by atoms with Gasteiger partial charge in [-0.15, -0.1) is 0 Å². The van der Waals surface area contributed by atoms with Crippen LogP contribution in [-0.4, -0.2) is 63.5 Å². The van der Waals surface area contributed by atoms with E-state index in [9.17, 15) is 24.3 Å². The fourth-order valence-corrected chi connectivity index (χ4v) is 4.74. The van der Waals surface area contributed by atoms with Crippen LogP contribution in [0.15, 0.2) is 30.5 Å². The first-order valence-corrected chi connectivity index (χ1v) is 14.1. The van der Waals surface area contributed by atoms with Crippen LogP contribution in [0.2, 0.25) is 0 Å². The summed E-state index contributed by atoms with van der Waals surface area (Å²) in [6, 6.07) is 5.84. The number of hydrogen-bond acceptors (Lipinski definition) is 6. The van der Waals surface area contributed by atoms with Gasteiger partial charge in [0.25, 0.3) is 5.91 Å². The summed E-state index contributed by atoms with van der Waals surface area (Å²) < 4.78 is 0. The number of nitrogens with one attached hydrogen (secondary N) is 3. The quantitative estimate of drug-likeness (QED) is 0.335. The van der Waals surface area contributed by atoms with Crippen molar-refractivity contribution in [1.29, 1.82) is 0 Å².